The van der Waals surface area contributed by atoms with E-state index in [-0.39, 0.29) is 28.9 Å². The van der Waals surface area contributed by atoms with E-state index in [4.69, 9.17) is 11.6 Å². The van der Waals surface area contributed by atoms with Crippen LogP contribution in [0.15, 0.2) is 48.4 Å². The third-order valence-corrected chi connectivity index (χ3v) is 4.69. The van der Waals surface area contributed by atoms with Crippen molar-refractivity contribution in [2.75, 3.05) is 18.4 Å². The molecule has 1 N–H and O–H groups in total. The first-order chi connectivity index (χ1) is 9.82. The maximum Gasteiger partial charge on any atom is 0.243 e. The molecule has 0 aliphatic carbocycles. The molecule has 114 valence electrons. The van der Waals surface area contributed by atoms with Crippen molar-refractivity contribution in [2.45, 2.75) is 11.8 Å². The van der Waals surface area contributed by atoms with Crippen LogP contribution >= 0.6 is 11.6 Å². The fourth-order valence-corrected chi connectivity index (χ4v) is 3.36. The second kappa shape index (κ2) is 7.40. The lowest BCUT2D eigenvalue weighted by Crippen LogP contribution is -2.31. The normalized spacial score (nSPS) is 11.2. The van der Waals surface area contributed by atoms with E-state index in [1.54, 1.807) is 0 Å². The van der Waals surface area contributed by atoms with E-state index in [0.717, 1.165) is 0 Å². The van der Waals surface area contributed by atoms with Crippen molar-refractivity contribution in [1.82, 2.24) is 4.31 Å². The van der Waals surface area contributed by atoms with Gasteiger partial charge in [0.2, 0.25) is 15.9 Å². The molecule has 0 fully saturated rings. The molecule has 0 aliphatic rings. The number of rotatable bonds is 7. The van der Waals surface area contributed by atoms with Crippen LogP contribution in [0.25, 0.3) is 0 Å². The fourth-order valence-electron chi connectivity index (χ4n) is 1.66. The summed E-state index contributed by atoms with van der Waals surface area (Å²) in [4.78, 5) is 11.1. The first kappa shape index (κ1) is 17.4. The number of hydrogen-bond donors (Lipinski definition) is 1. The quantitative estimate of drug-likeness (QED) is 0.782. The van der Waals surface area contributed by atoms with Crippen molar-refractivity contribution in [3.63, 3.8) is 0 Å². The second-order valence-corrected chi connectivity index (χ2v) is 6.57. The Morgan fingerprint density at radius 1 is 1.33 bits per heavy atom. The summed E-state index contributed by atoms with van der Waals surface area (Å²) in [5.74, 6) is -0.285. The fraction of sp³-hybridized carbons (Fsp3) is 0.214. The van der Waals surface area contributed by atoms with Crippen molar-refractivity contribution in [2.24, 2.45) is 0 Å². The van der Waals surface area contributed by atoms with Crippen LogP contribution in [0.3, 0.4) is 0 Å². The molecule has 1 aromatic rings. The second-order valence-electron chi connectivity index (χ2n) is 4.22. The topological polar surface area (TPSA) is 66.5 Å². The van der Waals surface area contributed by atoms with Crippen LogP contribution in [0.1, 0.15) is 6.92 Å². The van der Waals surface area contributed by atoms with E-state index in [9.17, 15) is 13.2 Å². The van der Waals surface area contributed by atoms with E-state index in [1.165, 1.54) is 41.6 Å². The van der Waals surface area contributed by atoms with Crippen molar-refractivity contribution < 1.29 is 13.2 Å². The third-order valence-electron chi connectivity index (χ3n) is 2.55. The minimum absolute atomic E-state index is 0.0466. The summed E-state index contributed by atoms with van der Waals surface area (Å²) in [6.07, 6.45) is 2.99. The lowest BCUT2D eigenvalue weighted by atomic mass is 10.3. The molecule has 0 radical (unpaired) electrons. The predicted octanol–water partition coefficient (Wildman–Crippen LogP) is 2.66. The molecular weight excluding hydrogens is 312 g/mol. The number of benzene rings is 1. The molecule has 1 aromatic carbocycles. The van der Waals surface area contributed by atoms with Gasteiger partial charge >= 0.3 is 0 Å². The van der Waals surface area contributed by atoms with E-state index in [0.29, 0.717) is 5.69 Å². The van der Waals surface area contributed by atoms with Gasteiger partial charge in [-0.15, -0.1) is 13.2 Å². The Morgan fingerprint density at radius 3 is 2.33 bits per heavy atom. The van der Waals surface area contributed by atoms with Gasteiger partial charge in [0.05, 0.1) is 15.6 Å². The number of sulfonamides is 1. The summed E-state index contributed by atoms with van der Waals surface area (Å²) in [6.45, 7) is 8.76. The van der Waals surface area contributed by atoms with Gasteiger partial charge in [0, 0.05) is 20.0 Å². The summed E-state index contributed by atoms with van der Waals surface area (Å²) in [6, 6.07) is 4.16. The van der Waals surface area contributed by atoms with Crippen LogP contribution in [0, 0.1) is 0 Å². The molecule has 5 nitrogen and oxygen atoms in total. The largest absolute Gasteiger partial charge is 0.325 e. The lowest BCUT2D eigenvalue weighted by molar-refractivity contribution is -0.114. The monoisotopic (exact) mass is 328 g/mol. The standard InChI is InChI=1S/C14H17ClN2O3S/c1-4-8-17(9-5-2)21(19,20)12-6-7-14(13(15)10-12)16-11(3)18/h4-7,10H,1-2,8-9H2,3H3,(H,16,18). The molecule has 0 atom stereocenters. The van der Waals surface area contributed by atoms with Gasteiger partial charge in [-0.25, -0.2) is 8.42 Å². The maximum absolute atomic E-state index is 12.5. The average molecular weight is 329 g/mol. The Balaban J connectivity index is 3.19. The van der Waals surface area contributed by atoms with Crippen molar-refractivity contribution >= 4 is 33.2 Å². The molecule has 0 saturated heterocycles. The van der Waals surface area contributed by atoms with E-state index < -0.39 is 10.0 Å². The van der Waals surface area contributed by atoms with Gasteiger partial charge in [-0.05, 0) is 18.2 Å². The predicted molar refractivity (Wildman–Crippen MR) is 84.9 cm³/mol. The van der Waals surface area contributed by atoms with Crippen molar-refractivity contribution in [1.29, 1.82) is 0 Å². The number of hydrogen-bond acceptors (Lipinski definition) is 3. The van der Waals surface area contributed by atoms with Gasteiger partial charge in [-0.2, -0.15) is 4.31 Å². The van der Waals surface area contributed by atoms with Gasteiger partial charge in [0.25, 0.3) is 0 Å². The molecule has 0 spiro atoms. The highest BCUT2D eigenvalue weighted by Gasteiger charge is 2.23. The first-order valence-corrected chi connectivity index (χ1v) is 7.93. The van der Waals surface area contributed by atoms with E-state index >= 15 is 0 Å². The Labute approximate surface area is 130 Å². The first-order valence-electron chi connectivity index (χ1n) is 6.12. The van der Waals surface area contributed by atoms with Crippen molar-refractivity contribution in [3.05, 3.63) is 48.5 Å². The summed E-state index contributed by atoms with van der Waals surface area (Å²) in [5.41, 5.74) is 0.363. The van der Waals surface area contributed by atoms with Crippen LogP contribution in [0.4, 0.5) is 5.69 Å². The Kier molecular flexibility index (Phi) is 6.14. The molecule has 0 aliphatic heterocycles. The molecule has 1 amide bonds. The van der Waals surface area contributed by atoms with Gasteiger partial charge in [0.1, 0.15) is 0 Å². The Bertz CT molecular complexity index is 646. The zero-order chi connectivity index (χ0) is 16.0. The van der Waals surface area contributed by atoms with Gasteiger partial charge < -0.3 is 5.32 Å². The van der Waals surface area contributed by atoms with Gasteiger partial charge in [0.15, 0.2) is 0 Å². The Hall–Kier alpha value is -1.63. The highest BCUT2D eigenvalue weighted by atomic mass is 35.5. The third kappa shape index (κ3) is 4.42. The SMILES string of the molecule is C=CCN(CC=C)S(=O)(=O)c1ccc(NC(C)=O)c(Cl)c1. The van der Waals surface area contributed by atoms with Crippen LogP contribution < -0.4 is 5.32 Å². The number of nitrogens with one attached hydrogen (secondary N) is 1. The van der Waals surface area contributed by atoms with Gasteiger partial charge in [-0.1, -0.05) is 23.8 Å². The summed E-state index contributed by atoms with van der Waals surface area (Å²) >= 11 is 6.00. The van der Waals surface area contributed by atoms with Crippen LogP contribution in [-0.2, 0) is 14.8 Å². The molecule has 21 heavy (non-hydrogen) atoms. The molecule has 0 bridgehead atoms. The van der Waals surface area contributed by atoms with Crippen LogP contribution in [-0.4, -0.2) is 31.7 Å². The molecular formula is C14H17ClN2O3S. The maximum atomic E-state index is 12.5. The van der Waals surface area contributed by atoms with Crippen LogP contribution in [0.5, 0.6) is 0 Å². The molecule has 0 aromatic heterocycles. The minimum Gasteiger partial charge on any atom is -0.325 e. The van der Waals surface area contributed by atoms with Crippen molar-refractivity contribution in [3.8, 4) is 0 Å². The summed E-state index contributed by atoms with van der Waals surface area (Å²) in [7, 11) is -3.70. The van der Waals surface area contributed by atoms with E-state index in [1.807, 2.05) is 0 Å². The van der Waals surface area contributed by atoms with Crippen LogP contribution in [0.2, 0.25) is 5.02 Å². The average Bonchev–Trinajstić information content (AvgIpc) is 2.40. The smallest absolute Gasteiger partial charge is 0.243 e. The number of amides is 1. The molecule has 0 unspecified atom stereocenters. The Morgan fingerprint density at radius 2 is 1.90 bits per heavy atom. The number of carbonyl (C=O) groups excluding carboxylic acids is 1. The minimum atomic E-state index is -3.70. The summed E-state index contributed by atoms with van der Waals surface area (Å²) < 4.78 is 26.2. The van der Waals surface area contributed by atoms with Gasteiger partial charge in [-0.3, -0.25) is 4.79 Å². The summed E-state index contributed by atoms with van der Waals surface area (Å²) in [5, 5.41) is 2.68. The number of halogens is 1. The lowest BCUT2D eigenvalue weighted by Gasteiger charge is -2.19. The molecule has 1 rings (SSSR count). The number of carbonyl (C=O) groups is 1. The zero-order valence-electron chi connectivity index (χ0n) is 11.7. The molecule has 7 heteroatoms. The molecule has 0 heterocycles. The zero-order valence-corrected chi connectivity index (χ0v) is 13.2. The molecule has 0 saturated carbocycles. The van der Waals surface area contributed by atoms with E-state index in [2.05, 4.69) is 18.5 Å². The highest BCUT2D eigenvalue weighted by molar-refractivity contribution is 7.89. The highest BCUT2D eigenvalue weighted by Crippen LogP contribution is 2.27. The number of anilines is 1. The number of nitrogens with zero attached hydrogens (tertiary/aromatic N) is 1.